The van der Waals surface area contributed by atoms with Crippen LogP contribution in [-0.2, 0) is 4.74 Å². The molecule has 1 rings (SSSR count). The topological polar surface area (TPSA) is 118 Å². The Morgan fingerprint density at radius 1 is 1.58 bits per heavy atom. The van der Waals surface area contributed by atoms with Crippen molar-refractivity contribution in [1.29, 1.82) is 5.26 Å². The second kappa shape index (κ2) is 9.09. The molecule has 1 unspecified atom stereocenters. The molecule has 0 spiro atoms. The molecule has 0 amide bonds. The number of pyridine rings is 1. The van der Waals surface area contributed by atoms with Crippen LogP contribution in [-0.4, -0.2) is 53.5 Å². The summed E-state index contributed by atoms with van der Waals surface area (Å²) in [6.45, 7) is 5.34. The van der Waals surface area contributed by atoms with E-state index < -0.39 is 0 Å². The number of aliphatic imine (C=N–C) groups is 2. The van der Waals surface area contributed by atoms with Gasteiger partial charge in [-0.05, 0) is 13.8 Å². The van der Waals surface area contributed by atoms with Gasteiger partial charge in [-0.2, -0.15) is 15.4 Å². The molecule has 9 nitrogen and oxygen atoms in total. The van der Waals surface area contributed by atoms with Crippen molar-refractivity contribution in [1.82, 2.24) is 9.99 Å². The highest BCUT2D eigenvalue weighted by atomic mass is 16.5. The van der Waals surface area contributed by atoms with E-state index in [0.717, 1.165) is 0 Å². The molecule has 2 N–H and O–H groups in total. The van der Waals surface area contributed by atoms with Crippen molar-refractivity contribution in [2.75, 3.05) is 19.5 Å². The highest BCUT2D eigenvalue weighted by Crippen LogP contribution is 2.18. The molecule has 0 aliphatic rings. The lowest BCUT2D eigenvalue weighted by Gasteiger charge is -2.18. The van der Waals surface area contributed by atoms with Gasteiger partial charge in [0, 0.05) is 26.3 Å². The SMILES string of the molecule is C/C=N\N(C)C(C)N=C(N=C(C)OC)Nc1cnc(C#N)c(O)c1. The molecule has 1 aromatic rings. The largest absolute Gasteiger partial charge is 0.505 e. The molecule has 9 heteroatoms. The van der Waals surface area contributed by atoms with Crippen LogP contribution in [0.1, 0.15) is 26.5 Å². The molecule has 1 aromatic heterocycles. The molecule has 1 atom stereocenters. The van der Waals surface area contributed by atoms with Crippen molar-refractivity contribution in [2.45, 2.75) is 26.9 Å². The number of rotatable bonds is 4. The van der Waals surface area contributed by atoms with Crippen LogP contribution in [0.15, 0.2) is 27.3 Å². The van der Waals surface area contributed by atoms with Crippen LogP contribution in [0, 0.1) is 11.3 Å². The number of nitriles is 1. The molecule has 24 heavy (non-hydrogen) atoms. The quantitative estimate of drug-likeness (QED) is 0.493. The maximum absolute atomic E-state index is 9.72. The first-order chi connectivity index (χ1) is 11.4. The zero-order chi connectivity index (χ0) is 18.1. The van der Waals surface area contributed by atoms with Crippen molar-refractivity contribution >= 4 is 23.8 Å². The van der Waals surface area contributed by atoms with E-state index in [9.17, 15) is 5.11 Å². The Kier molecular flexibility index (Phi) is 7.16. The van der Waals surface area contributed by atoms with E-state index in [1.54, 1.807) is 31.3 Å². The first kappa shape index (κ1) is 18.9. The van der Waals surface area contributed by atoms with E-state index in [1.807, 2.05) is 13.8 Å². The van der Waals surface area contributed by atoms with Crippen molar-refractivity contribution < 1.29 is 9.84 Å². The Hall–Kier alpha value is -3.15. The molecular weight excluding hydrogens is 310 g/mol. The van der Waals surface area contributed by atoms with E-state index in [0.29, 0.717) is 11.6 Å². The second-order valence-electron chi connectivity index (χ2n) is 4.70. The van der Waals surface area contributed by atoms with Gasteiger partial charge in [0.25, 0.3) is 0 Å². The summed E-state index contributed by atoms with van der Waals surface area (Å²) in [5, 5.41) is 27.2. The number of hydrazone groups is 1. The fourth-order valence-corrected chi connectivity index (χ4v) is 1.56. The Bertz CT molecular complexity index is 692. The van der Waals surface area contributed by atoms with Gasteiger partial charge >= 0.3 is 0 Å². The molecule has 0 radical (unpaired) electrons. The van der Waals surface area contributed by atoms with Gasteiger partial charge in [-0.25, -0.2) is 9.98 Å². The normalized spacial score (nSPS) is 13.5. The second-order valence-corrected chi connectivity index (χ2v) is 4.70. The molecule has 128 valence electrons. The number of anilines is 1. The lowest BCUT2D eigenvalue weighted by Crippen LogP contribution is -2.25. The third-order valence-corrected chi connectivity index (χ3v) is 2.94. The van der Waals surface area contributed by atoms with Gasteiger partial charge in [0.15, 0.2) is 17.3 Å². The maximum atomic E-state index is 9.72. The minimum Gasteiger partial charge on any atom is -0.505 e. The van der Waals surface area contributed by atoms with Crippen LogP contribution in [0.2, 0.25) is 0 Å². The smallest absolute Gasteiger partial charge is 0.227 e. The van der Waals surface area contributed by atoms with Crippen molar-refractivity contribution in [3.05, 3.63) is 18.0 Å². The predicted molar refractivity (Wildman–Crippen MR) is 93.2 cm³/mol. The summed E-state index contributed by atoms with van der Waals surface area (Å²) in [7, 11) is 3.29. The summed E-state index contributed by atoms with van der Waals surface area (Å²) in [6, 6.07) is 3.16. The summed E-state index contributed by atoms with van der Waals surface area (Å²) in [4.78, 5) is 12.5. The number of ether oxygens (including phenoxy) is 1. The highest BCUT2D eigenvalue weighted by molar-refractivity contribution is 6.00. The van der Waals surface area contributed by atoms with Gasteiger partial charge in [0.2, 0.25) is 5.96 Å². The molecular formula is C15H21N7O2. The van der Waals surface area contributed by atoms with Crippen LogP contribution >= 0.6 is 0 Å². The number of hydrogen-bond acceptors (Lipinski definition) is 7. The number of aromatic hydroxyl groups is 1. The number of nitrogens with one attached hydrogen (secondary N) is 1. The highest BCUT2D eigenvalue weighted by Gasteiger charge is 2.09. The average molecular weight is 331 g/mol. The zero-order valence-corrected chi connectivity index (χ0v) is 14.3. The lowest BCUT2D eigenvalue weighted by atomic mass is 10.3. The standard InChI is InChI=1S/C15H21N7O2/c1-6-18-22(4)10(2)19-15(20-11(3)24-5)21-12-7-14(23)13(8-16)17-9-12/h6-7,9-10,23H,1-5H3,(H,19,21)/b18-6-,20-11?. The third kappa shape index (κ3) is 5.57. The fraction of sp³-hybridized carbons (Fsp3) is 0.400. The number of nitrogens with zero attached hydrogens (tertiary/aromatic N) is 6. The summed E-state index contributed by atoms with van der Waals surface area (Å²) < 4.78 is 5.05. The summed E-state index contributed by atoms with van der Waals surface area (Å²) in [5.41, 5.74) is 0.382. The van der Waals surface area contributed by atoms with Gasteiger partial charge in [-0.3, -0.25) is 5.01 Å². The van der Waals surface area contributed by atoms with Crippen molar-refractivity contribution in [3.63, 3.8) is 0 Å². The Labute approximate surface area is 141 Å². The Morgan fingerprint density at radius 2 is 2.29 bits per heavy atom. The predicted octanol–water partition coefficient (Wildman–Crippen LogP) is 1.78. The Balaban J connectivity index is 3.11. The molecule has 0 saturated heterocycles. The van der Waals surface area contributed by atoms with Crippen LogP contribution < -0.4 is 5.32 Å². The van der Waals surface area contributed by atoms with Gasteiger partial charge in [0.05, 0.1) is 19.0 Å². The molecule has 0 fully saturated rings. The van der Waals surface area contributed by atoms with Gasteiger partial charge in [0.1, 0.15) is 12.2 Å². The summed E-state index contributed by atoms with van der Waals surface area (Å²) in [5.74, 6) is 0.432. The monoisotopic (exact) mass is 331 g/mol. The lowest BCUT2D eigenvalue weighted by molar-refractivity contribution is 0.280. The minimum absolute atomic E-state index is 0.0546. The summed E-state index contributed by atoms with van der Waals surface area (Å²) >= 11 is 0. The molecule has 0 bridgehead atoms. The van der Waals surface area contributed by atoms with Gasteiger partial charge in [-0.15, -0.1) is 0 Å². The van der Waals surface area contributed by atoms with Crippen LogP contribution in [0.4, 0.5) is 5.69 Å². The minimum atomic E-state index is -0.294. The summed E-state index contributed by atoms with van der Waals surface area (Å²) in [6.07, 6.45) is 2.77. The van der Waals surface area contributed by atoms with Gasteiger partial charge in [-0.1, -0.05) is 0 Å². The molecule has 0 aliphatic heterocycles. The van der Waals surface area contributed by atoms with E-state index >= 15 is 0 Å². The number of hydrogen-bond donors (Lipinski definition) is 2. The first-order valence-electron chi connectivity index (χ1n) is 7.15. The number of aromatic nitrogens is 1. The van der Waals surface area contributed by atoms with Crippen LogP contribution in [0.25, 0.3) is 0 Å². The van der Waals surface area contributed by atoms with E-state index in [1.165, 1.54) is 19.4 Å². The third-order valence-electron chi connectivity index (χ3n) is 2.94. The number of methoxy groups -OCH3 is 1. The zero-order valence-electron chi connectivity index (χ0n) is 14.3. The van der Waals surface area contributed by atoms with E-state index in [2.05, 4.69) is 25.4 Å². The van der Waals surface area contributed by atoms with Crippen LogP contribution in [0.5, 0.6) is 5.75 Å². The van der Waals surface area contributed by atoms with Crippen LogP contribution in [0.3, 0.4) is 0 Å². The van der Waals surface area contributed by atoms with Gasteiger partial charge < -0.3 is 15.2 Å². The fourth-order valence-electron chi connectivity index (χ4n) is 1.56. The van der Waals surface area contributed by atoms with Crippen molar-refractivity contribution in [3.8, 4) is 11.8 Å². The van der Waals surface area contributed by atoms with Crippen molar-refractivity contribution in [2.24, 2.45) is 15.1 Å². The molecule has 1 heterocycles. The molecule has 0 aromatic carbocycles. The average Bonchev–Trinajstić information content (AvgIpc) is 2.54. The van der Waals surface area contributed by atoms with E-state index in [4.69, 9.17) is 10.00 Å². The number of guanidine groups is 1. The first-order valence-corrected chi connectivity index (χ1v) is 7.15. The van der Waals surface area contributed by atoms with E-state index in [-0.39, 0.29) is 23.6 Å². The maximum Gasteiger partial charge on any atom is 0.227 e. The Morgan fingerprint density at radius 3 is 2.83 bits per heavy atom. The molecule has 0 aliphatic carbocycles. The molecule has 0 saturated carbocycles.